The van der Waals surface area contributed by atoms with Gasteiger partial charge in [-0.15, -0.1) is 5.10 Å². The number of piperidine rings is 1. The van der Waals surface area contributed by atoms with Crippen molar-refractivity contribution in [2.45, 2.75) is 32.1 Å². The highest BCUT2D eigenvalue weighted by atomic mass is 16.4. The Labute approximate surface area is 112 Å². The summed E-state index contributed by atoms with van der Waals surface area (Å²) in [7, 11) is 0. The number of aromatic nitrogens is 2. The van der Waals surface area contributed by atoms with Crippen molar-refractivity contribution >= 4 is 11.8 Å². The van der Waals surface area contributed by atoms with E-state index in [0.717, 1.165) is 25.4 Å². The minimum atomic E-state index is -0.921. The molecule has 1 aromatic heterocycles. The number of nitrogens with zero attached hydrogens (tertiary/aromatic N) is 3. The zero-order valence-corrected chi connectivity index (χ0v) is 11.0. The average molecular weight is 261 g/mol. The van der Waals surface area contributed by atoms with Gasteiger partial charge >= 0.3 is 5.97 Å². The zero-order valence-electron chi connectivity index (χ0n) is 11.0. The molecule has 2 heterocycles. The van der Waals surface area contributed by atoms with Crippen molar-refractivity contribution in [2.24, 2.45) is 11.8 Å². The van der Waals surface area contributed by atoms with Crippen molar-refractivity contribution in [1.82, 2.24) is 10.2 Å². The summed E-state index contributed by atoms with van der Waals surface area (Å²) in [5.41, 5.74) is 0.268. The Morgan fingerprint density at radius 3 is 2.84 bits per heavy atom. The lowest BCUT2D eigenvalue weighted by atomic mass is 9.75. The van der Waals surface area contributed by atoms with Crippen molar-refractivity contribution in [3.05, 3.63) is 17.8 Å². The van der Waals surface area contributed by atoms with Crippen LogP contribution in [0.5, 0.6) is 0 Å². The van der Waals surface area contributed by atoms with Gasteiger partial charge in [0.1, 0.15) is 5.56 Å². The van der Waals surface area contributed by atoms with E-state index < -0.39 is 5.97 Å². The Morgan fingerprint density at radius 1 is 1.26 bits per heavy atom. The van der Waals surface area contributed by atoms with Crippen LogP contribution in [0.15, 0.2) is 12.3 Å². The van der Waals surface area contributed by atoms with Gasteiger partial charge in [0.15, 0.2) is 5.82 Å². The fourth-order valence-corrected chi connectivity index (χ4v) is 3.52. The van der Waals surface area contributed by atoms with Crippen LogP contribution >= 0.6 is 0 Å². The lowest BCUT2D eigenvalue weighted by Gasteiger charge is -2.41. The Bertz CT molecular complexity index is 478. The fraction of sp³-hybridized carbons (Fsp3) is 0.643. The van der Waals surface area contributed by atoms with Crippen LogP contribution in [0.1, 0.15) is 42.5 Å². The normalized spacial score (nSPS) is 26.8. The minimum Gasteiger partial charge on any atom is -0.478 e. The molecule has 1 saturated heterocycles. The number of carbonyl (C=O) groups is 1. The average Bonchev–Trinajstić information content (AvgIpc) is 2.46. The van der Waals surface area contributed by atoms with E-state index in [1.165, 1.54) is 37.9 Å². The Hall–Kier alpha value is -1.65. The molecule has 1 N–H and O–H groups in total. The van der Waals surface area contributed by atoms with Crippen LogP contribution < -0.4 is 4.90 Å². The third kappa shape index (κ3) is 2.41. The first-order chi connectivity index (χ1) is 9.25. The molecule has 1 aliphatic heterocycles. The van der Waals surface area contributed by atoms with E-state index in [1.54, 1.807) is 0 Å². The molecule has 5 heteroatoms. The number of anilines is 1. The summed E-state index contributed by atoms with van der Waals surface area (Å²) in [4.78, 5) is 13.4. The number of carboxylic acids is 1. The standard InChI is InChI=1S/C14H19N3O2/c18-14(19)12-5-7-15-16-13(12)17-8-6-10-3-1-2-4-11(10)9-17/h5,7,10-11H,1-4,6,8-9H2,(H,18,19). The third-order valence-electron chi connectivity index (χ3n) is 4.52. The summed E-state index contributed by atoms with van der Waals surface area (Å²) >= 11 is 0. The number of carboxylic acid groups (broad SMARTS) is 1. The van der Waals surface area contributed by atoms with Gasteiger partial charge in [0.2, 0.25) is 0 Å². The highest BCUT2D eigenvalue weighted by Crippen LogP contribution is 2.37. The first-order valence-corrected chi connectivity index (χ1v) is 7.05. The number of hydrogen-bond acceptors (Lipinski definition) is 4. The van der Waals surface area contributed by atoms with Crippen LogP contribution in [0, 0.1) is 11.8 Å². The van der Waals surface area contributed by atoms with Gasteiger partial charge in [-0.05, 0) is 30.7 Å². The van der Waals surface area contributed by atoms with Crippen LogP contribution in [0.2, 0.25) is 0 Å². The Balaban J connectivity index is 1.81. The number of hydrogen-bond donors (Lipinski definition) is 1. The highest BCUT2D eigenvalue weighted by molar-refractivity contribution is 5.93. The highest BCUT2D eigenvalue weighted by Gasteiger charge is 2.32. The summed E-state index contributed by atoms with van der Waals surface area (Å²) < 4.78 is 0. The Morgan fingerprint density at radius 2 is 2.05 bits per heavy atom. The van der Waals surface area contributed by atoms with E-state index in [-0.39, 0.29) is 5.56 Å². The van der Waals surface area contributed by atoms with Crippen LogP contribution in [0.25, 0.3) is 0 Å². The molecule has 0 radical (unpaired) electrons. The second kappa shape index (κ2) is 5.15. The van der Waals surface area contributed by atoms with Gasteiger partial charge in [-0.25, -0.2) is 4.79 Å². The lowest BCUT2D eigenvalue weighted by molar-refractivity contribution is 0.0696. The van der Waals surface area contributed by atoms with Crippen LogP contribution in [-0.4, -0.2) is 34.4 Å². The molecule has 2 atom stereocenters. The molecule has 5 nitrogen and oxygen atoms in total. The minimum absolute atomic E-state index is 0.268. The zero-order chi connectivity index (χ0) is 13.2. The Kier molecular flexibility index (Phi) is 3.36. The maximum atomic E-state index is 11.3. The maximum Gasteiger partial charge on any atom is 0.339 e. The van der Waals surface area contributed by atoms with E-state index in [2.05, 4.69) is 15.1 Å². The van der Waals surface area contributed by atoms with Gasteiger partial charge in [-0.1, -0.05) is 19.3 Å². The summed E-state index contributed by atoms with van der Waals surface area (Å²) in [5.74, 6) is 1.15. The van der Waals surface area contributed by atoms with Crippen LogP contribution in [-0.2, 0) is 0 Å². The van der Waals surface area contributed by atoms with E-state index in [1.807, 2.05) is 0 Å². The molecule has 2 aliphatic rings. The van der Waals surface area contributed by atoms with Gasteiger partial charge in [-0.3, -0.25) is 0 Å². The summed E-state index contributed by atoms with van der Waals surface area (Å²) in [6, 6.07) is 1.54. The molecule has 2 fully saturated rings. The maximum absolute atomic E-state index is 11.3. The molecule has 0 aromatic carbocycles. The molecule has 2 unspecified atom stereocenters. The largest absolute Gasteiger partial charge is 0.478 e. The summed E-state index contributed by atoms with van der Waals surface area (Å²) in [6.45, 7) is 1.84. The van der Waals surface area contributed by atoms with E-state index in [4.69, 9.17) is 0 Å². The predicted octanol–water partition coefficient (Wildman–Crippen LogP) is 2.19. The van der Waals surface area contributed by atoms with Crippen molar-refractivity contribution in [3.8, 4) is 0 Å². The molecule has 19 heavy (non-hydrogen) atoms. The smallest absolute Gasteiger partial charge is 0.339 e. The predicted molar refractivity (Wildman–Crippen MR) is 71.3 cm³/mol. The number of aromatic carboxylic acids is 1. The molecule has 1 aromatic rings. The van der Waals surface area contributed by atoms with Gasteiger partial charge in [0, 0.05) is 13.1 Å². The molecule has 1 aliphatic carbocycles. The topological polar surface area (TPSA) is 66.3 Å². The van der Waals surface area contributed by atoms with Gasteiger partial charge in [-0.2, -0.15) is 5.10 Å². The van der Waals surface area contributed by atoms with Gasteiger partial charge in [0.05, 0.1) is 6.20 Å². The van der Waals surface area contributed by atoms with Crippen molar-refractivity contribution in [1.29, 1.82) is 0 Å². The van der Waals surface area contributed by atoms with Gasteiger partial charge < -0.3 is 10.0 Å². The lowest BCUT2D eigenvalue weighted by Crippen LogP contribution is -2.42. The second-order valence-corrected chi connectivity index (χ2v) is 5.61. The summed E-state index contributed by atoms with van der Waals surface area (Å²) in [5, 5.41) is 17.1. The van der Waals surface area contributed by atoms with Crippen LogP contribution in [0.3, 0.4) is 0 Å². The van der Waals surface area contributed by atoms with Crippen molar-refractivity contribution in [2.75, 3.05) is 18.0 Å². The van der Waals surface area contributed by atoms with E-state index in [9.17, 15) is 9.90 Å². The number of rotatable bonds is 2. The van der Waals surface area contributed by atoms with E-state index in [0.29, 0.717) is 11.7 Å². The molecule has 3 rings (SSSR count). The quantitative estimate of drug-likeness (QED) is 0.884. The first kappa shape index (κ1) is 12.4. The van der Waals surface area contributed by atoms with E-state index >= 15 is 0 Å². The molecule has 102 valence electrons. The molecule has 1 saturated carbocycles. The van der Waals surface area contributed by atoms with Crippen molar-refractivity contribution in [3.63, 3.8) is 0 Å². The molecule has 0 amide bonds. The third-order valence-corrected chi connectivity index (χ3v) is 4.52. The molecular weight excluding hydrogens is 242 g/mol. The first-order valence-electron chi connectivity index (χ1n) is 7.05. The fourth-order valence-electron chi connectivity index (χ4n) is 3.52. The van der Waals surface area contributed by atoms with Gasteiger partial charge in [0.25, 0.3) is 0 Å². The molecule has 0 spiro atoms. The SMILES string of the molecule is O=C(O)c1ccnnc1N1CCC2CCCCC2C1. The van der Waals surface area contributed by atoms with Crippen molar-refractivity contribution < 1.29 is 9.90 Å². The molecular formula is C14H19N3O2. The molecule has 0 bridgehead atoms. The second-order valence-electron chi connectivity index (χ2n) is 5.61. The number of fused-ring (bicyclic) bond motifs is 1. The van der Waals surface area contributed by atoms with Crippen LogP contribution in [0.4, 0.5) is 5.82 Å². The summed E-state index contributed by atoms with van der Waals surface area (Å²) in [6.07, 6.45) is 7.86. The monoisotopic (exact) mass is 261 g/mol.